The Kier molecular flexibility index (Phi) is 5.36. The van der Waals surface area contributed by atoms with E-state index in [1.54, 1.807) is 6.92 Å². The molecular formula is C17H17F3N4O4. The van der Waals surface area contributed by atoms with Gasteiger partial charge in [0, 0.05) is 19.3 Å². The lowest BCUT2D eigenvalue weighted by Crippen LogP contribution is -2.56. The number of alkyl halides is 3. The van der Waals surface area contributed by atoms with Crippen LogP contribution in [0.5, 0.6) is 0 Å². The molecule has 2 aromatic rings. The number of hydrogen-bond donors (Lipinski definition) is 2. The number of piperidine rings is 1. The van der Waals surface area contributed by atoms with E-state index in [0.29, 0.717) is 11.8 Å². The van der Waals surface area contributed by atoms with Crippen LogP contribution in [0.15, 0.2) is 29.1 Å². The number of aliphatic hydroxyl groups is 1. The van der Waals surface area contributed by atoms with Gasteiger partial charge in [0.25, 0.3) is 11.8 Å². The van der Waals surface area contributed by atoms with Crippen LogP contribution in [-0.2, 0) is 6.18 Å². The third-order valence-corrected chi connectivity index (χ3v) is 4.44. The first-order valence-corrected chi connectivity index (χ1v) is 8.38. The first kappa shape index (κ1) is 19.8. The molecule has 1 aliphatic rings. The van der Waals surface area contributed by atoms with Gasteiger partial charge in [0.05, 0.1) is 17.7 Å². The van der Waals surface area contributed by atoms with E-state index in [-0.39, 0.29) is 30.8 Å². The van der Waals surface area contributed by atoms with Gasteiger partial charge in [-0.05, 0) is 25.5 Å². The van der Waals surface area contributed by atoms with E-state index in [2.05, 4.69) is 15.3 Å². The van der Waals surface area contributed by atoms with Crippen molar-refractivity contribution in [2.24, 2.45) is 0 Å². The lowest BCUT2D eigenvalue weighted by molar-refractivity contribution is -0.141. The Hall–Kier alpha value is -2.95. The molecule has 2 N–H and O–H groups in total. The van der Waals surface area contributed by atoms with Gasteiger partial charge in [-0.25, -0.2) is 4.98 Å². The summed E-state index contributed by atoms with van der Waals surface area (Å²) >= 11 is 0. The van der Waals surface area contributed by atoms with E-state index < -0.39 is 35.8 Å². The number of halogens is 3. The molecule has 0 bridgehead atoms. The average molecular weight is 398 g/mol. The van der Waals surface area contributed by atoms with Crippen LogP contribution in [0.2, 0.25) is 0 Å². The van der Waals surface area contributed by atoms with Gasteiger partial charge in [-0.2, -0.15) is 13.2 Å². The Bertz CT molecular complexity index is 866. The van der Waals surface area contributed by atoms with Gasteiger partial charge in [-0.3, -0.25) is 14.6 Å². The van der Waals surface area contributed by atoms with Crippen molar-refractivity contribution < 1.29 is 32.3 Å². The summed E-state index contributed by atoms with van der Waals surface area (Å²) in [5.41, 5.74) is -1.05. The molecule has 0 radical (unpaired) electrons. The number of hydrogen-bond acceptors (Lipinski definition) is 6. The summed E-state index contributed by atoms with van der Waals surface area (Å²) < 4.78 is 42.7. The summed E-state index contributed by atoms with van der Waals surface area (Å²) in [6.07, 6.45) is -3.32. The maximum absolute atomic E-state index is 12.6. The largest absolute Gasteiger partial charge is 0.448 e. The average Bonchev–Trinajstić information content (AvgIpc) is 3.08. The number of nitrogens with zero attached hydrogens (tertiary/aromatic N) is 3. The van der Waals surface area contributed by atoms with Crippen LogP contribution in [0.25, 0.3) is 0 Å². The second kappa shape index (κ2) is 7.58. The Morgan fingerprint density at radius 1 is 1.32 bits per heavy atom. The summed E-state index contributed by atoms with van der Waals surface area (Å²) in [4.78, 5) is 33.3. The molecule has 1 aliphatic heterocycles. The van der Waals surface area contributed by atoms with Crippen molar-refractivity contribution in [2.45, 2.75) is 31.7 Å². The van der Waals surface area contributed by atoms with Crippen molar-refractivity contribution in [2.75, 3.05) is 13.1 Å². The highest BCUT2D eigenvalue weighted by atomic mass is 19.4. The smallest absolute Gasteiger partial charge is 0.433 e. The lowest BCUT2D eigenvalue weighted by Gasteiger charge is -2.36. The van der Waals surface area contributed by atoms with Crippen LogP contribution in [0.4, 0.5) is 13.2 Å². The van der Waals surface area contributed by atoms with Crippen molar-refractivity contribution in [3.8, 4) is 0 Å². The molecule has 0 saturated carbocycles. The number of aliphatic hydroxyl groups excluding tert-OH is 1. The predicted octanol–water partition coefficient (Wildman–Crippen LogP) is 1.40. The first-order valence-electron chi connectivity index (χ1n) is 8.38. The van der Waals surface area contributed by atoms with Gasteiger partial charge in [0.15, 0.2) is 12.1 Å². The van der Waals surface area contributed by atoms with E-state index in [0.717, 1.165) is 18.7 Å². The number of carbonyl (C=O) groups excluding carboxylic acids is 2. The Labute approximate surface area is 157 Å². The molecule has 0 aliphatic carbocycles. The molecule has 2 aromatic heterocycles. The highest BCUT2D eigenvalue weighted by molar-refractivity contribution is 5.95. The van der Waals surface area contributed by atoms with Crippen LogP contribution in [-0.4, -0.2) is 57.0 Å². The summed E-state index contributed by atoms with van der Waals surface area (Å²) in [6, 6.07) is 0.914. The van der Waals surface area contributed by atoms with Crippen LogP contribution in [0.1, 0.15) is 38.7 Å². The number of amides is 2. The van der Waals surface area contributed by atoms with Crippen molar-refractivity contribution in [3.63, 3.8) is 0 Å². The maximum Gasteiger partial charge on any atom is 0.433 e. The molecule has 11 heteroatoms. The second-order valence-corrected chi connectivity index (χ2v) is 6.37. The number of aryl methyl sites for hydroxylation is 1. The van der Waals surface area contributed by atoms with Crippen LogP contribution < -0.4 is 5.32 Å². The topological polar surface area (TPSA) is 109 Å². The molecule has 0 spiro atoms. The molecule has 1 fully saturated rings. The molecular weight excluding hydrogens is 381 g/mol. The van der Waals surface area contributed by atoms with Gasteiger partial charge in [0.2, 0.25) is 0 Å². The van der Waals surface area contributed by atoms with Gasteiger partial charge >= 0.3 is 6.18 Å². The highest BCUT2D eigenvalue weighted by Gasteiger charge is 2.34. The number of rotatable bonds is 3. The number of aromatic nitrogens is 2. The van der Waals surface area contributed by atoms with Crippen LogP contribution >= 0.6 is 0 Å². The first-order chi connectivity index (χ1) is 13.2. The van der Waals surface area contributed by atoms with Gasteiger partial charge in [0.1, 0.15) is 11.5 Å². The predicted molar refractivity (Wildman–Crippen MR) is 88.3 cm³/mol. The molecule has 0 unspecified atom stereocenters. The SMILES string of the molecule is Cc1ocnc1C(=O)N1CC[C@H](O)[C@H](NC(=O)c2ccc(C(F)(F)F)nc2)C1. The minimum absolute atomic E-state index is 0.0199. The van der Waals surface area contributed by atoms with Crippen LogP contribution in [0.3, 0.4) is 0 Å². The lowest BCUT2D eigenvalue weighted by atomic mass is 10.0. The van der Waals surface area contributed by atoms with E-state index in [1.807, 2.05) is 0 Å². The standard InChI is InChI=1S/C17H17F3N4O4/c1-9-14(22-8-28-9)16(27)24-5-4-12(25)11(7-24)23-15(26)10-2-3-13(21-6-10)17(18,19)20/h2-3,6,8,11-12,25H,4-5,7H2,1H3,(H,23,26)/t11-,12+/m1/s1. The minimum atomic E-state index is -4.60. The molecule has 2 amide bonds. The summed E-state index contributed by atoms with van der Waals surface area (Å²) in [5, 5.41) is 12.7. The molecule has 3 rings (SSSR count). The zero-order valence-electron chi connectivity index (χ0n) is 14.7. The molecule has 0 aromatic carbocycles. The number of pyridine rings is 1. The highest BCUT2D eigenvalue weighted by Crippen LogP contribution is 2.27. The third kappa shape index (κ3) is 4.14. The molecule has 28 heavy (non-hydrogen) atoms. The van der Waals surface area contributed by atoms with Crippen molar-refractivity contribution >= 4 is 11.8 Å². The number of nitrogens with one attached hydrogen (secondary N) is 1. The molecule has 150 valence electrons. The third-order valence-electron chi connectivity index (χ3n) is 4.44. The van der Waals surface area contributed by atoms with E-state index >= 15 is 0 Å². The van der Waals surface area contributed by atoms with E-state index in [9.17, 15) is 27.9 Å². The van der Waals surface area contributed by atoms with Crippen molar-refractivity contribution in [3.05, 3.63) is 47.4 Å². The van der Waals surface area contributed by atoms with Gasteiger partial charge < -0.3 is 19.7 Å². The second-order valence-electron chi connectivity index (χ2n) is 6.37. The molecule has 3 heterocycles. The Balaban J connectivity index is 1.67. The number of likely N-dealkylation sites (tertiary alicyclic amines) is 1. The molecule has 8 nitrogen and oxygen atoms in total. The van der Waals surface area contributed by atoms with Crippen molar-refractivity contribution in [1.82, 2.24) is 20.2 Å². The fraction of sp³-hybridized carbons (Fsp3) is 0.412. The van der Waals surface area contributed by atoms with Crippen molar-refractivity contribution in [1.29, 1.82) is 0 Å². The summed E-state index contributed by atoms with van der Waals surface area (Å²) in [6.45, 7) is 1.88. The Morgan fingerprint density at radius 3 is 2.64 bits per heavy atom. The Morgan fingerprint density at radius 2 is 2.07 bits per heavy atom. The van der Waals surface area contributed by atoms with E-state index in [4.69, 9.17) is 4.42 Å². The fourth-order valence-electron chi connectivity index (χ4n) is 2.87. The van der Waals surface area contributed by atoms with E-state index in [1.165, 1.54) is 4.90 Å². The van der Waals surface area contributed by atoms with Gasteiger partial charge in [-0.15, -0.1) is 0 Å². The zero-order chi connectivity index (χ0) is 20.5. The van der Waals surface area contributed by atoms with Gasteiger partial charge in [-0.1, -0.05) is 0 Å². The normalized spacial score (nSPS) is 20.1. The fourth-order valence-corrected chi connectivity index (χ4v) is 2.87. The zero-order valence-corrected chi connectivity index (χ0v) is 14.7. The quantitative estimate of drug-likeness (QED) is 0.809. The number of oxazole rings is 1. The summed E-state index contributed by atoms with van der Waals surface area (Å²) in [5.74, 6) is -0.738. The number of carbonyl (C=O) groups is 2. The monoisotopic (exact) mass is 398 g/mol. The van der Waals surface area contributed by atoms with Crippen LogP contribution in [0, 0.1) is 6.92 Å². The molecule has 1 saturated heterocycles. The molecule has 2 atom stereocenters. The minimum Gasteiger partial charge on any atom is -0.448 e. The summed E-state index contributed by atoms with van der Waals surface area (Å²) in [7, 11) is 0. The maximum atomic E-state index is 12.6.